The Morgan fingerprint density at radius 3 is 0.750 bits per heavy atom. The molecule has 8 aromatic heterocycles. The number of fused-ring (bicyclic) bond motifs is 16. The molecule has 0 N–H and O–H groups in total. The Morgan fingerprint density at radius 2 is 0.431 bits per heavy atom. The minimum atomic E-state index is -0.101. The molecule has 16 heteroatoms. The molecule has 16 nitrogen and oxygen atoms in total. The first-order valence-corrected chi connectivity index (χ1v) is 25.4. The summed E-state index contributed by atoms with van der Waals surface area (Å²) in [5, 5.41) is 0. The number of nitrogens with zero attached hydrogens (tertiary/aromatic N) is 8. The Morgan fingerprint density at radius 1 is 0.208 bits per heavy atom. The fourth-order valence-corrected chi connectivity index (χ4v) is 10.7. The van der Waals surface area contributed by atoms with Crippen LogP contribution in [0.25, 0.3) is 135 Å². The molecule has 0 saturated carbocycles. The van der Waals surface area contributed by atoms with Gasteiger partial charge in [-0.2, -0.15) is 0 Å². The normalized spacial score (nSPS) is 13.4. The van der Waals surface area contributed by atoms with E-state index in [9.17, 15) is 0 Å². The third-order valence-electron chi connectivity index (χ3n) is 14.1. The van der Waals surface area contributed by atoms with Gasteiger partial charge in [-0.3, -0.25) is 0 Å². The zero-order valence-electron chi connectivity index (χ0n) is 43.5. The Labute approximate surface area is 412 Å². The molecule has 368 valence electrons. The molecule has 0 saturated heterocycles. The Hall–Kier alpha value is -7.36. The third kappa shape index (κ3) is 5.91. The van der Waals surface area contributed by atoms with Crippen molar-refractivity contribution in [2.45, 2.75) is 158 Å². The molecular weight excluding hydrogens is 913 g/mol. The fourth-order valence-electron chi connectivity index (χ4n) is 10.7. The molecule has 4 aromatic carbocycles. The zero-order valence-corrected chi connectivity index (χ0v) is 43.5. The molecule has 0 spiro atoms. The summed E-state index contributed by atoms with van der Waals surface area (Å²) in [5.41, 5.74) is 13.3. The lowest BCUT2D eigenvalue weighted by molar-refractivity contribution is 0.497. The van der Waals surface area contributed by atoms with Crippen molar-refractivity contribution in [2.24, 2.45) is 0 Å². The molecular formula is C56H56N8O8. The topological polar surface area (TPSA) is 208 Å². The van der Waals surface area contributed by atoms with Crippen LogP contribution in [0.4, 0.5) is 0 Å². The van der Waals surface area contributed by atoms with Gasteiger partial charge >= 0.3 is 0 Å². The van der Waals surface area contributed by atoms with Crippen molar-refractivity contribution in [1.82, 2.24) is 39.9 Å². The van der Waals surface area contributed by atoms with E-state index in [1.165, 1.54) is 0 Å². The first-order chi connectivity index (χ1) is 34.3. The van der Waals surface area contributed by atoms with E-state index in [1.54, 1.807) is 0 Å². The highest BCUT2D eigenvalue weighted by Crippen LogP contribution is 2.53. The highest BCUT2D eigenvalue weighted by molar-refractivity contribution is 6.15. The average Bonchev–Trinajstić information content (AvgIpc) is 4.16. The summed E-state index contributed by atoms with van der Waals surface area (Å²) in [4.78, 5) is 42.6. The first kappa shape index (κ1) is 44.6. The molecule has 1 aliphatic heterocycles. The molecule has 0 radical (unpaired) electrons. The van der Waals surface area contributed by atoms with Crippen LogP contribution in [0.5, 0.6) is 0 Å². The Balaban J connectivity index is 1.32. The standard InChI is InChI=1S/C56H56N8O8/c1-17(2)25-33-43(66-49(57-33)21(9)10)30-46-36(25)61-53(70-46)29-39-41(65-52(60-39)24(15)16)28(20(7)8)42-40(29)64-56(69-42)32-45-35(59-51(68-45)23(13)14)27(19(5)6)38-48(32)72-55(63-38)31-44-34(58-50(67-44)22(11)12)26(18(3)4)37-47(31)71-54(30)62-37/h17-24H,1-16H3. The van der Waals surface area contributed by atoms with Crippen LogP contribution >= 0.6 is 0 Å². The second-order valence-electron chi connectivity index (χ2n) is 22.1. The van der Waals surface area contributed by atoms with Crippen LogP contribution in [0.2, 0.25) is 0 Å². The van der Waals surface area contributed by atoms with Crippen molar-refractivity contribution in [3.8, 4) is 45.8 Å². The van der Waals surface area contributed by atoms with Crippen LogP contribution in [-0.2, 0) is 0 Å². The Kier molecular flexibility index (Phi) is 9.34. The number of rotatable bonds is 8. The summed E-state index contributed by atoms with van der Waals surface area (Å²) in [6.45, 7) is 33.3. The second kappa shape index (κ2) is 15.1. The lowest BCUT2D eigenvalue weighted by atomic mass is 9.97. The van der Waals surface area contributed by atoms with Crippen LogP contribution in [0.1, 0.15) is 204 Å². The summed E-state index contributed by atoms with van der Waals surface area (Å²) < 4.78 is 56.2. The highest BCUT2D eigenvalue weighted by atomic mass is 16.4. The molecule has 72 heavy (non-hydrogen) atoms. The van der Waals surface area contributed by atoms with Crippen LogP contribution in [-0.4, -0.2) is 39.9 Å². The summed E-state index contributed by atoms with van der Waals surface area (Å²) in [7, 11) is 0. The highest BCUT2D eigenvalue weighted by Gasteiger charge is 2.39. The van der Waals surface area contributed by atoms with E-state index in [0.717, 1.165) is 22.3 Å². The van der Waals surface area contributed by atoms with Crippen molar-refractivity contribution in [1.29, 1.82) is 0 Å². The van der Waals surface area contributed by atoms with Crippen molar-refractivity contribution in [2.75, 3.05) is 0 Å². The molecule has 0 fully saturated rings. The molecule has 0 aliphatic carbocycles. The smallest absolute Gasteiger partial charge is 0.235 e. The van der Waals surface area contributed by atoms with Gasteiger partial charge in [-0.1, -0.05) is 111 Å². The largest absolute Gasteiger partial charge is 0.440 e. The van der Waals surface area contributed by atoms with Crippen LogP contribution in [0.3, 0.4) is 0 Å². The van der Waals surface area contributed by atoms with Gasteiger partial charge in [0.15, 0.2) is 68.2 Å². The average molecular weight is 969 g/mol. The molecule has 0 unspecified atom stereocenters. The number of hydrogen-bond acceptors (Lipinski definition) is 16. The van der Waals surface area contributed by atoms with Crippen LogP contribution in [0.15, 0.2) is 35.3 Å². The maximum atomic E-state index is 7.26. The number of benzene rings is 4. The van der Waals surface area contributed by atoms with E-state index >= 15 is 0 Å². The van der Waals surface area contributed by atoms with E-state index in [1.807, 2.05) is 0 Å². The lowest BCUT2D eigenvalue weighted by Gasteiger charge is -2.09. The molecule has 12 aromatic rings. The molecule has 9 heterocycles. The maximum absolute atomic E-state index is 7.26. The van der Waals surface area contributed by atoms with Crippen molar-refractivity contribution >= 4 is 88.8 Å². The van der Waals surface area contributed by atoms with E-state index < -0.39 is 0 Å². The Bertz CT molecular complexity index is 3720. The van der Waals surface area contributed by atoms with Gasteiger partial charge in [-0.25, -0.2) is 39.9 Å². The fraction of sp³-hybridized carbons (Fsp3) is 0.429. The van der Waals surface area contributed by atoms with E-state index in [4.69, 9.17) is 75.2 Å². The summed E-state index contributed by atoms with van der Waals surface area (Å²) >= 11 is 0. The minimum Gasteiger partial charge on any atom is -0.440 e. The monoisotopic (exact) mass is 968 g/mol. The van der Waals surface area contributed by atoms with Crippen molar-refractivity contribution in [3.05, 3.63) is 45.8 Å². The van der Waals surface area contributed by atoms with Crippen LogP contribution in [0, 0.1) is 0 Å². The molecule has 0 atom stereocenters. The summed E-state index contributed by atoms with van der Waals surface area (Å²) in [5.74, 6) is 2.61. The van der Waals surface area contributed by atoms with Gasteiger partial charge in [0.1, 0.15) is 60.8 Å². The maximum Gasteiger partial charge on any atom is 0.235 e. The molecule has 13 rings (SSSR count). The van der Waals surface area contributed by atoms with Crippen molar-refractivity contribution < 1.29 is 35.3 Å². The van der Waals surface area contributed by atoms with Gasteiger partial charge in [-0.15, -0.1) is 0 Å². The quantitative estimate of drug-likeness (QED) is 0.139. The van der Waals surface area contributed by atoms with Crippen molar-refractivity contribution in [3.63, 3.8) is 0 Å². The summed E-state index contributed by atoms with van der Waals surface area (Å²) in [6, 6.07) is 0. The number of aromatic nitrogens is 8. The predicted octanol–water partition coefficient (Wildman–Crippen LogP) is 16.8. The first-order valence-electron chi connectivity index (χ1n) is 25.4. The van der Waals surface area contributed by atoms with E-state index in [2.05, 4.69) is 111 Å². The number of hydrogen-bond donors (Lipinski definition) is 0. The van der Waals surface area contributed by atoms with Gasteiger partial charge < -0.3 is 35.3 Å². The van der Waals surface area contributed by atoms with E-state index in [0.29, 0.717) is 135 Å². The SMILES string of the molecule is CC(C)c1nc2c(C(C)C)c3nc4oc3c(c2o1)-c1nc2c(C(C)C)c3nc(C(C)C)oc3c(c2o1)-c1nc2c(C(C)C)c3nc(C(C)C)oc3c(c2o1)-c1nc2c-4c3nc(C(C)C)oc3c(C(C)C)c2o1. The molecule has 0 amide bonds. The molecule has 1 aliphatic rings. The minimum absolute atomic E-state index is 0.0412. The van der Waals surface area contributed by atoms with Gasteiger partial charge in [0, 0.05) is 45.9 Å². The van der Waals surface area contributed by atoms with E-state index in [-0.39, 0.29) is 70.9 Å². The molecule has 8 bridgehead atoms. The predicted molar refractivity (Wildman–Crippen MR) is 275 cm³/mol. The lowest BCUT2D eigenvalue weighted by Crippen LogP contribution is -1.96. The number of oxazole rings is 8. The third-order valence-corrected chi connectivity index (χ3v) is 14.1. The second-order valence-corrected chi connectivity index (χ2v) is 22.1. The van der Waals surface area contributed by atoms with Gasteiger partial charge in [0.05, 0.1) is 5.56 Å². The van der Waals surface area contributed by atoms with Gasteiger partial charge in [0.2, 0.25) is 23.6 Å². The van der Waals surface area contributed by atoms with Gasteiger partial charge in [-0.05, 0) is 23.7 Å². The van der Waals surface area contributed by atoms with Gasteiger partial charge in [0.25, 0.3) is 0 Å². The zero-order chi connectivity index (χ0) is 50.4. The van der Waals surface area contributed by atoms with Crippen LogP contribution < -0.4 is 0 Å². The summed E-state index contributed by atoms with van der Waals surface area (Å²) in [6.07, 6.45) is 0.